The Morgan fingerprint density at radius 3 is 2.96 bits per heavy atom. The number of halogens is 1. The van der Waals surface area contributed by atoms with E-state index >= 15 is 0 Å². The van der Waals surface area contributed by atoms with Crippen molar-refractivity contribution in [2.24, 2.45) is 5.92 Å². The first-order valence-electron chi connectivity index (χ1n) is 7.32. The topological polar surface area (TPSA) is 53.8 Å². The Labute approximate surface area is 147 Å². The number of furan rings is 1. The lowest BCUT2D eigenvalue weighted by Gasteiger charge is -2.20. The van der Waals surface area contributed by atoms with Crippen molar-refractivity contribution < 1.29 is 14.0 Å². The van der Waals surface area contributed by atoms with Crippen LogP contribution in [0, 0.1) is 5.92 Å². The number of carbonyl (C=O) groups excluding carboxylic acids is 2. The average Bonchev–Trinajstić information content (AvgIpc) is 3.23. The molecule has 0 spiro atoms. The second kappa shape index (κ2) is 6.88. The SMILES string of the molecule is CN(Cc1ccc(Br)s1)C(=O)C1CC(=O)N(Cc2ccco2)C1. The molecule has 23 heavy (non-hydrogen) atoms. The van der Waals surface area contributed by atoms with Crippen LogP contribution in [0.1, 0.15) is 17.1 Å². The van der Waals surface area contributed by atoms with Gasteiger partial charge in [0.1, 0.15) is 5.76 Å². The molecule has 3 rings (SSSR count). The Morgan fingerprint density at radius 1 is 1.48 bits per heavy atom. The molecule has 0 radical (unpaired) electrons. The van der Waals surface area contributed by atoms with Crippen LogP contribution in [0.15, 0.2) is 38.7 Å². The molecular weight excluding hydrogens is 380 g/mol. The molecule has 0 aliphatic carbocycles. The first-order chi connectivity index (χ1) is 11.0. The molecule has 0 aromatic carbocycles. The average molecular weight is 397 g/mol. The summed E-state index contributed by atoms with van der Waals surface area (Å²) in [5, 5.41) is 0. The van der Waals surface area contributed by atoms with E-state index in [0.29, 0.717) is 19.6 Å². The predicted molar refractivity (Wildman–Crippen MR) is 90.7 cm³/mol. The summed E-state index contributed by atoms with van der Waals surface area (Å²) in [6.07, 6.45) is 1.86. The molecule has 1 unspecified atom stereocenters. The van der Waals surface area contributed by atoms with Gasteiger partial charge in [0.05, 0.1) is 29.1 Å². The minimum Gasteiger partial charge on any atom is -0.467 e. The molecule has 0 saturated carbocycles. The summed E-state index contributed by atoms with van der Waals surface area (Å²) in [5.41, 5.74) is 0. The Balaban J connectivity index is 1.58. The molecule has 2 aromatic rings. The van der Waals surface area contributed by atoms with E-state index in [1.807, 2.05) is 18.2 Å². The maximum atomic E-state index is 12.6. The van der Waals surface area contributed by atoms with Gasteiger partial charge in [0, 0.05) is 24.9 Å². The van der Waals surface area contributed by atoms with Gasteiger partial charge in [-0.3, -0.25) is 9.59 Å². The molecule has 2 amide bonds. The molecule has 1 fully saturated rings. The Morgan fingerprint density at radius 2 is 2.30 bits per heavy atom. The second-order valence-corrected chi connectivity index (χ2v) is 8.20. The van der Waals surface area contributed by atoms with E-state index in [0.717, 1.165) is 14.4 Å². The normalized spacial score (nSPS) is 17.7. The first-order valence-corrected chi connectivity index (χ1v) is 8.93. The number of hydrogen-bond acceptors (Lipinski definition) is 4. The molecule has 1 atom stereocenters. The third-order valence-corrected chi connectivity index (χ3v) is 5.50. The summed E-state index contributed by atoms with van der Waals surface area (Å²) in [7, 11) is 1.79. The second-order valence-electron chi connectivity index (χ2n) is 5.65. The van der Waals surface area contributed by atoms with Gasteiger partial charge in [-0.25, -0.2) is 0 Å². The zero-order chi connectivity index (χ0) is 16.4. The smallest absolute Gasteiger partial charge is 0.228 e. The quantitative estimate of drug-likeness (QED) is 0.779. The minimum atomic E-state index is -0.272. The van der Waals surface area contributed by atoms with Gasteiger partial charge in [-0.2, -0.15) is 0 Å². The highest BCUT2D eigenvalue weighted by Gasteiger charge is 2.36. The number of hydrogen-bond donors (Lipinski definition) is 0. The lowest BCUT2D eigenvalue weighted by Crippen LogP contribution is -2.34. The standard InChI is InChI=1S/C16H17BrN2O3S/c1-18(10-13-4-5-14(17)23-13)16(21)11-7-15(20)19(8-11)9-12-3-2-6-22-12/h2-6,11H,7-10H2,1H3. The highest BCUT2D eigenvalue weighted by Crippen LogP contribution is 2.25. The lowest BCUT2D eigenvalue weighted by molar-refractivity contribution is -0.135. The predicted octanol–water partition coefficient (Wildman–Crippen LogP) is 3.11. The van der Waals surface area contributed by atoms with Crippen LogP contribution in [-0.4, -0.2) is 35.2 Å². The minimum absolute atomic E-state index is 0.00650. The highest BCUT2D eigenvalue weighted by molar-refractivity contribution is 9.11. The Kier molecular flexibility index (Phi) is 4.87. The summed E-state index contributed by atoms with van der Waals surface area (Å²) >= 11 is 5.04. The van der Waals surface area contributed by atoms with Gasteiger partial charge in [0.15, 0.2) is 0 Å². The van der Waals surface area contributed by atoms with Crippen LogP contribution in [0.25, 0.3) is 0 Å². The fourth-order valence-electron chi connectivity index (χ4n) is 2.74. The number of carbonyl (C=O) groups is 2. The lowest BCUT2D eigenvalue weighted by atomic mass is 10.1. The van der Waals surface area contributed by atoms with Crippen LogP contribution >= 0.6 is 27.3 Å². The van der Waals surface area contributed by atoms with Crippen molar-refractivity contribution in [2.75, 3.05) is 13.6 Å². The van der Waals surface area contributed by atoms with Gasteiger partial charge >= 0.3 is 0 Å². The van der Waals surface area contributed by atoms with E-state index in [1.54, 1.807) is 40.5 Å². The van der Waals surface area contributed by atoms with Gasteiger partial charge < -0.3 is 14.2 Å². The molecule has 122 valence electrons. The molecule has 2 aromatic heterocycles. The van der Waals surface area contributed by atoms with Crippen molar-refractivity contribution in [3.05, 3.63) is 45.0 Å². The number of thiophene rings is 1. The molecule has 1 aliphatic rings. The number of amides is 2. The summed E-state index contributed by atoms with van der Waals surface area (Å²) in [6.45, 7) is 1.45. The summed E-state index contributed by atoms with van der Waals surface area (Å²) in [4.78, 5) is 29.2. The molecule has 0 bridgehead atoms. The monoisotopic (exact) mass is 396 g/mol. The third kappa shape index (κ3) is 3.84. The van der Waals surface area contributed by atoms with Gasteiger partial charge in [-0.15, -0.1) is 11.3 Å². The van der Waals surface area contributed by atoms with Crippen LogP contribution in [0.2, 0.25) is 0 Å². The zero-order valence-electron chi connectivity index (χ0n) is 12.7. The fourth-order valence-corrected chi connectivity index (χ4v) is 4.28. The van der Waals surface area contributed by atoms with Gasteiger partial charge in [-0.1, -0.05) is 0 Å². The maximum absolute atomic E-state index is 12.6. The van der Waals surface area contributed by atoms with Crippen molar-refractivity contribution in [1.82, 2.24) is 9.80 Å². The van der Waals surface area contributed by atoms with E-state index < -0.39 is 0 Å². The first kappa shape index (κ1) is 16.3. The van der Waals surface area contributed by atoms with Crippen LogP contribution in [0.5, 0.6) is 0 Å². The number of likely N-dealkylation sites (tertiary alicyclic amines) is 1. The van der Waals surface area contributed by atoms with E-state index in [4.69, 9.17) is 4.42 Å². The van der Waals surface area contributed by atoms with E-state index in [2.05, 4.69) is 15.9 Å². The van der Waals surface area contributed by atoms with Crippen LogP contribution in [0.3, 0.4) is 0 Å². The van der Waals surface area contributed by atoms with Crippen molar-refractivity contribution in [3.8, 4) is 0 Å². The Hall–Kier alpha value is -1.60. The van der Waals surface area contributed by atoms with Gasteiger partial charge in [0.25, 0.3) is 0 Å². The molecule has 7 heteroatoms. The molecular formula is C16H17BrN2O3S. The van der Waals surface area contributed by atoms with Crippen molar-refractivity contribution in [3.63, 3.8) is 0 Å². The molecule has 1 saturated heterocycles. The van der Waals surface area contributed by atoms with Gasteiger partial charge in [0.2, 0.25) is 11.8 Å². The summed E-state index contributed by atoms with van der Waals surface area (Å²) in [5.74, 6) is 0.492. The van der Waals surface area contributed by atoms with E-state index in [1.165, 1.54) is 0 Å². The fraction of sp³-hybridized carbons (Fsp3) is 0.375. The summed E-state index contributed by atoms with van der Waals surface area (Å²) in [6, 6.07) is 7.61. The molecule has 5 nitrogen and oxygen atoms in total. The van der Waals surface area contributed by atoms with Crippen molar-refractivity contribution in [2.45, 2.75) is 19.5 Å². The molecule has 1 aliphatic heterocycles. The largest absolute Gasteiger partial charge is 0.467 e. The van der Waals surface area contributed by atoms with Crippen LogP contribution in [-0.2, 0) is 22.7 Å². The van der Waals surface area contributed by atoms with E-state index in [-0.39, 0.29) is 24.2 Å². The highest BCUT2D eigenvalue weighted by atomic mass is 79.9. The molecule has 3 heterocycles. The maximum Gasteiger partial charge on any atom is 0.228 e. The number of nitrogens with zero attached hydrogens (tertiary/aromatic N) is 2. The third-order valence-electron chi connectivity index (χ3n) is 3.89. The van der Waals surface area contributed by atoms with Crippen molar-refractivity contribution >= 4 is 39.1 Å². The number of rotatable bonds is 5. The zero-order valence-corrected chi connectivity index (χ0v) is 15.1. The van der Waals surface area contributed by atoms with Crippen LogP contribution in [0.4, 0.5) is 0 Å². The van der Waals surface area contributed by atoms with Crippen LogP contribution < -0.4 is 0 Å². The summed E-state index contributed by atoms with van der Waals surface area (Å²) < 4.78 is 6.33. The molecule has 0 N–H and O–H groups in total. The van der Waals surface area contributed by atoms with Crippen molar-refractivity contribution in [1.29, 1.82) is 0 Å². The van der Waals surface area contributed by atoms with Gasteiger partial charge in [-0.05, 0) is 40.2 Å². The van der Waals surface area contributed by atoms with E-state index in [9.17, 15) is 9.59 Å². The Bertz CT molecular complexity index is 698.